The number of carbonyl (C=O) groups is 1. The Kier molecular flexibility index (Phi) is 4.44. The van der Waals surface area contributed by atoms with E-state index in [0.717, 1.165) is 19.3 Å². The van der Waals surface area contributed by atoms with Gasteiger partial charge in [-0.3, -0.25) is 9.36 Å². The van der Waals surface area contributed by atoms with Crippen LogP contribution in [0.15, 0.2) is 0 Å². The van der Waals surface area contributed by atoms with Crippen LogP contribution in [0.25, 0.3) is 0 Å². The van der Waals surface area contributed by atoms with Gasteiger partial charge in [0.1, 0.15) is 0 Å². The molecule has 2 rings (SSSR count). The quantitative estimate of drug-likeness (QED) is 0.657. The zero-order valence-corrected chi connectivity index (χ0v) is 12.3. The average Bonchev–Trinajstić information content (AvgIpc) is 2.73. The normalized spacial score (nSPS) is 18.8. The fourth-order valence-corrected chi connectivity index (χ4v) is 2.89. The highest BCUT2D eigenvalue weighted by molar-refractivity contribution is 5.67. The lowest BCUT2D eigenvalue weighted by atomic mass is 9.98. The minimum absolute atomic E-state index is 0.0170. The van der Waals surface area contributed by atoms with Gasteiger partial charge in [0, 0.05) is 33.0 Å². The zero-order chi connectivity index (χ0) is 15.6. The molecular formula is C13H20N4O4. The monoisotopic (exact) mass is 296 g/mol. The third kappa shape index (κ3) is 3.14. The Hall–Kier alpha value is -2.12. The van der Waals surface area contributed by atoms with Gasteiger partial charge < -0.3 is 20.1 Å². The number of aromatic nitrogens is 2. The molecule has 1 unspecified atom stereocenters. The fourth-order valence-electron chi connectivity index (χ4n) is 2.89. The molecule has 8 nitrogen and oxygen atoms in total. The van der Waals surface area contributed by atoms with Crippen LogP contribution in [0.5, 0.6) is 0 Å². The second-order valence-corrected chi connectivity index (χ2v) is 5.40. The fraction of sp³-hybridized carbons (Fsp3) is 0.692. The number of anilines is 1. The summed E-state index contributed by atoms with van der Waals surface area (Å²) in [5.74, 6) is 0.0975. The highest BCUT2D eigenvalue weighted by atomic mass is 16.6. The molecule has 0 bridgehead atoms. The topological polar surface area (TPSA) is 102 Å². The van der Waals surface area contributed by atoms with E-state index < -0.39 is 10.9 Å². The number of rotatable bonds is 5. The van der Waals surface area contributed by atoms with E-state index in [9.17, 15) is 14.9 Å². The summed E-state index contributed by atoms with van der Waals surface area (Å²) in [5, 5.41) is 20.1. The van der Waals surface area contributed by atoms with Crippen LogP contribution in [0.3, 0.4) is 0 Å². The van der Waals surface area contributed by atoms with Crippen molar-refractivity contribution >= 4 is 17.6 Å². The number of nitro groups is 1. The number of piperidine rings is 1. The SMILES string of the molecule is Cc1nc([N+](=O)[O-])c(N2CCCCC2CCC(=O)O)n1C. The predicted octanol–water partition coefficient (Wildman–Crippen LogP) is 1.86. The molecule has 1 N–H and O–H groups in total. The van der Waals surface area contributed by atoms with Gasteiger partial charge in [0.15, 0.2) is 0 Å². The molecule has 1 aromatic rings. The lowest BCUT2D eigenvalue weighted by Crippen LogP contribution is -2.41. The molecular weight excluding hydrogens is 276 g/mol. The number of aryl methyl sites for hydroxylation is 1. The summed E-state index contributed by atoms with van der Waals surface area (Å²) < 4.78 is 1.72. The number of hydrogen-bond acceptors (Lipinski definition) is 5. The van der Waals surface area contributed by atoms with Crippen molar-refractivity contribution in [1.82, 2.24) is 9.55 Å². The van der Waals surface area contributed by atoms with Crippen molar-refractivity contribution < 1.29 is 14.8 Å². The molecule has 1 fully saturated rings. The Balaban J connectivity index is 2.32. The molecule has 0 radical (unpaired) electrons. The first-order valence-corrected chi connectivity index (χ1v) is 7.08. The van der Waals surface area contributed by atoms with Crippen molar-refractivity contribution in [2.75, 3.05) is 11.4 Å². The van der Waals surface area contributed by atoms with Gasteiger partial charge in [-0.1, -0.05) is 0 Å². The molecule has 0 aliphatic carbocycles. The molecule has 1 aromatic heterocycles. The lowest BCUT2D eigenvalue weighted by Gasteiger charge is -2.36. The molecule has 0 aromatic carbocycles. The molecule has 1 aliphatic heterocycles. The van der Waals surface area contributed by atoms with Gasteiger partial charge >= 0.3 is 11.8 Å². The Morgan fingerprint density at radius 3 is 2.86 bits per heavy atom. The molecule has 21 heavy (non-hydrogen) atoms. The number of carboxylic acids is 1. The van der Waals surface area contributed by atoms with E-state index in [1.54, 1.807) is 18.5 Å². The third-order valence-corrected chi connectivity index (χ3v) is 4.03. The van der Waals surface area contributed by atoms with Crippen molar-refractivity contribution in [3.8, 4) is 0 Å². The second kappa shape index (κ2) is 6.11. The van der Waals surface area contributed by atoms with Gasteiger partial charge in [0.05, 0.1) is 0 Å². The largest absolute Gasteiger partial charge is 0.481 e. The molecule has 8 heteroatoms. The van der Waals surface area contributed by atoms with E-state index in [4.69, 9.17) is 5.11 Å². The minimum atomic E-state index is -0.837. The van der Waals surface area contributed by atoms with Crippen LogP contribution in [0.1, 0.15) is 37.9 Å². The summed E-state index contributed by atoms with van der Waals surface area (Å²) in [4.78, 5) is 27.5. The number of hydrogen-bond donors (Lipinski definition) is 1. The first-order valence-electron chi connectivity index (χ1n) is 7.08. The highest BCUT2D eigenvalue weighted by Crippen LogP contribution is 2.34. The molecule has 116 valence electrons. The molecule has 0 amide bonds. The molecule has 2 heterocycles. The standard InChI is InChI=1S/C13H20N4O4/c1-9-14-12(17(20)21)13(15(9)2)16-8-4-3-5-10(16)6-7-11(18)19/h10H,3-8H2,1-2H3,(H,18,19). The third-order valence-electron chi connectivity index (χ3n) is 4.03. The van der Waals surface area contributed by atoms with Crippen molar-refractivity contribution in [2.45, 2.75) is 45.1 Å². The molecule has 1 aliphatic rings. The number of nitrogens with zero attached hydrogens (tertiary/aromatic N) is 4. The zero-order valence-electron chi connectivity index (χ0n) is 12.3. The Bertz CT molecular complexity index is 555. The van der Waals surface area contributed by atoms with E-state index in [-0.39, 0.29) is 18.3 Å². The molecule has 0 spiro atoms. The highest BCUT2D eigenvalue weighted by Gasteiger charge is 2.33. The van der Waals surface area contributed by atoms with Gasteiger partial charge in [-0.2, -0.15) is 0 Å². The maximum absolute atomic E-state index is 11.2. The van der Waals surface area contributed by atoms with Crippen LogP contribution in [0, 0.1) is 17.0 Å². The van der Waals surface area contributed by atoms with E-state index in [1.807, 2.05) is 4.90 Å². The van der Waals surface area contributed by atoms with Gasteiger partial charge in [0.25, 0.3) is 0 Å². The Labute approximate surface area is 122 Å². The lowest BCUT2D eigenvalue weighted by molar-refractivity contribution is -0.388. The molecule has 1 atom stereocenters. The Morgan fingerprint density at radius 1 is 1.52 bits per heavy atom. The van der Waals surface area contributed by atoms with Crippen molar-refractivity contribution in [3.05, 3.63) is 15.9 Å². The molecule has 0 saturated carbocycles. The van der Waals surface area contributed by atoms with Crippen molar-refractivity contribution in [3.63, 3.8) is 0 Å². The smallest absolute Gasteiger partial charge is 0.406 e. The van der Waals surface area contributed by atoms with E-state index in [0.29, 0.717) is 24.6 Å². The van der Waals surface area contributed by atoms with Crippen LogP contribution in [-0.4, -0.2) is 38.1 Å². The molecule has 1 saturated heterocycles. The van der Waals surface area contributed by atoms with Crippen molar-refractivity contribution in [1.29, 1.82) is 0 Å². The van der Waals surface area contributed by atoms with E-state index in [1.165, 1.54) is 0 Å². The van der Waals surface area contributed by atoms with Crippen LogP contribution in [-0.2, 0) is 11.8 Å². The average molecular weight is 296 g/mol. The van der Waals surface area contributed by atoms with Crippen LogP contribution >= 0.6 is 0 Å². The number of aliphatic carboxylic acids is 1. The minimum Gasteiger partial charge on any atom is -0.481 e. The van der Waals surface area contributed by atoms with E-state index in [2.05, 4.69) is 4.98 Å². The maximum atomic E-state index is 11.2. The van der Waals surface area contributed by atoms with Crippen LogP contribution in [0.4, 0.5) is 11.6 Å². The number of carboxylic acid groups (broad SMARTS) is 1. The Morgan fingerprint density at radius 2 is 2.24 bits per heavy atom. The predicted molar refractivity (Wildman–Crippen MR) is 76.5 cm³/mol. The summed E-state index contributed by atoms with van der Waals surface area (Å²) in [6, 6.07) is 0.0170. The summed E-state index contributed by atoms with van der Waals surface area (Å²) in [6.45, 7) is 2.43. The summed E-state index contributed by atoms with van der Waals surface area (Å²) in [5.41, 5.74) is 0. The maximum Gasteiger partial charge on any atom is 0.406 e. The summed E-state index contributed by atoms with van der Waals surface area (Å²) in [7, 11) is 1.76. The van der Waals surface area contributed by atoms with Crippen LogP contribution in [0.2, 0.25) is 0 Å². The van der Waals surface area contributed by atoms with Gasteiger partial charge in [0.2, 0.25) is 11.6 Å². The number of imidazole rings is 1. The first kappa shape index (κ1) is 15.3. The summed E-state index contributed by atoms with van der Waals surface area (Å²) in [6.07, 6.45) is 3.40. The van der Waals surface area contributed by atoms with Gasteiger partial charge in [-0.25, -0.2) is 0 Å². The second-order valence-electron chi connectivity index (χ2n) is 5.40. The van der Waals surface area contributed by atoms with Gasteiger partial charge in [-0.15, -0.1) is 0 Å². The van der Waals surface area contributed by atoms with Gasteiger partial charge in [-0.05, 0) is 35.6 Å². The van der Waals surface area contributed by atoms with Crippen molar-refractivity contribution in [2.24, 2.45) is 7.05 Å². The van der Waals surface area contributed by atoms with Crippen LogP contribution < -0.4 is 4.90 Å². The summed E-state index contributed by atoms with van der Waals surface area (Å²) >= 11 is 0. The first-order chi connectivity index (χ1) is 9.91. The van der Waals surface area contributed by atoms with E-state index >= 15 is 0 Å².